The zero-order valence-electron chi connectivity index (χ0n) is 9.86. The summed E-state index contributed by atoms with van der Waals surface area (Å²) in [5.74, 6) is 0. The number of nitrogens with zero attached hydrogens (tertiary/aromatic N) is 2. The summed E-state index contributed by atoms with van der Waals surface area (Å²) in [6, 6.07) is 0. The van der Waals surface area contributed by atoms with Crippen molar-refractivity contribution in [1.29, 1.82) is 0 Å². The number of aliphatic hydroxyl groups excluding tert-OH is 1. The normalized spacial score (nSPS) is 10.7. The molecule has 0 aliphatic heterocycles. The molecule has 0 aromatic carbocycles. The molecule has 0 amide bonds. The van der Waals surface area contributed by atoms with Crippen LogP contribution in [0.1, 0.15) is 31.2 Å². The maximum absolute atomic E-state index is 8.89. The van der Waals surface area contributed by atoms with E-state index in [1.807, 2.05) is 24.7 Å². The lowest BCUT2D eigenvalue weighted by Gasteiger charge is -1.98. The van der Waals surface area contributed by atoms with Crippen LogP contribution in [0.15, 0.2) is 6.33 Å². The van der Waals surface area contributed by atoms with Crippen LogP contribution < -0.4 is 9.40 Å². The number of unbranched alkanes of at least 4 members (excludes halogenated alkanes) is 1. The van der Waals surface area contributed by atoms with Crippen molar-refractivity contribution in [2.45, 2.75) is 40.2 Å². The molecule has 0 radical (unpaired) electrons. The predicted octanol–water partition coefficient (Wildman–Crippen LogP) is 0.613. The van der Waals surface area contributed by atoms with Crippen LogP contribution in [-0.4, -0.2) is 23.1 Å². The molecule has 4 nitrogen and oxygen atoms in total. The van der Waals surface area contributed by atoms with Gasteiger partial charge in [0.1, 0.15) is 18.8 Å². The Morgan fingerprint density at radius 2 is 2.20 bits per heavy atom. The van der Waals surface area contributed by atoms with E-state index < -0.39 is 0 Å². The van der Waals surface area contributed by atoms with Crippen LogP contribution in [-0.2, 0) is 6.54 Å². The van der Waals surface area contributed by atoms with Gasteiger partial charge >= 0.3 is 0 Å². The van der Waals surface area contributed by atoms with Crippen molar-refractivity contribution < 1.29 is 14.5 Å². The second-order valence-electron chi connectivity index (χ2n) is 3.72. The second-order valence-corrected chi connectivity index (χ2v) is 3.72. The summed E-state index contributed by atoms with van der Waals surface area (Å²) in [5, 5.41) is 8.89. The van der Waals surface area contributed by atoms with Crippen molar-refractivity contribution in [1.82, 2.24) is 4.73 Å². The molecule has 0 fully saturated rings. The molecule has 0 unspecified atom stereocenters. The van der Waals surface area contributed by atoms with E-state index in [0.29, 0.717) is 6.54 Å². The Morgan fingerprint density at radius 3 is 2.80 bits per heavy atom. The highest BCUT2D eigenvalue weighted by Crippen LogP contribution is 2.01. The maximum Gasteiger partial charge on any atom is 0.284 e. The van der Waals surface area contributed by atoms with Crippen LogP contribution in [0.2, 0.25) is 0 Å². The van der Waals surface area contributed by atoms with Gasteiger partial charge in [-0.05, 0) is 11.2 Å². The minimum atomic E-state index is 0.157. The monoisotopic (exact) mass is 213 g/mol. The van der Waals surface area contributed by atoms with E-state index in [9.17, 15) is 0 Å². The summed E-state index contributed by atoms with van der Waals surface area (Å²) in [6.07, 6.45) is 4.10. The Balaban J connectivity index is 2.67. The van der Waals surface area contributed by atoms with Gasteiger partial charge < -0.3 is 9.94 Å². The third-order valence-corrected chi connectivity index (χ3v) is 2.60. The fourth-order valence-electron chi connectivity index (χ4n) is 1.44. The van der Waals surface area contributed by atoms with Gasteiger partial charge in [-0.15, -0.1) is 0 Å². The number of rotatable bonds is 6. The Labute approximate surface area is 91.1 Å². The standard InChI is InChI=1S/C11H21N2O2/c1-4-5-8-15-13-9-12(6-7-14)10(2)11(13)3/h9,14H,4-8H2,1-3H3/q+1. The molecule has 0 bridgehead atoms. The number of imidazole rings is 1. The Bertz CT molecular complexity index is 308. The van der Waals surface area contributed by atoms with Crippen LogP contribution in [0.25, 0.3) is 0 Å². The SMILES string of the molecule is CCCCOn1c[n+](CCO)c(C)c1C. The lowest BCUT2D eigenvalue weighted by Crippen LogP contribution is -2.36. The predicted molar refractivity (Wildman–Crippen MR) is 57.5 cm³/mol. The molecule has 4 heteroatoms. The van der Waals surface area contributed by atoms with Crippen molar-refractivity contribution in [3.05, 3.63) is 17.7 Å². The first-order chi connectivity index (χ1) is 7.20. The molecule has 0 saturated carbocycles. The van der Waals surface area contributed by atoms with E-state index in [1.54, 1.807) is 4.73 Å². The smallest absolute Gasteiger partial charge is 0.284 e. The highest BCUT2D eigenvalue weighted by Gasteiger charge is 2.16. The van der Waals surface area contributed by atoms with E-state index >= 15 is 0 Å². The maximum atomic E-state index is 8.89. The quantitative estimate of drug-likeness (QED) is 0.555. The minimum Gasteiger partial charge on any atom is -0.392 e. The van der Waals surface area contributed by atoms with E-state index in [-0.39, 0.29) is 6.61 Å². The molecule has 15 heavy (non-hydrogen) atoms. The summed E-state index contributed by atoms with van der Waals surface area (Å²) in [6.45, 7) is 7.72. The average molecular weight is 213 g/mol. The molecule has 0 saturated heterocycles. The fraction of sp³-hybridized carbons (Fsp3) is 0.727. The third kappa shape index (κ3) is 2.96. The van der Waals surface area contributed by atoms with Gasteiger partial charge in [-0.2, -0.15) is 0 Å². The van der Waals surface area contributed by atoms with E-state index in [0.717, 1.165) is 30.8 Å². The largest absolute Gasteiger partial charge is 0.392 e. The molecular weight excluding hydrogens is 192 g/mol. The van der Waals surface area contributed by atoms with Crippen LogP contribution in [0.5, 0.6) is 0 Å². The van der Waals surface area contributed by atoms with Gasteiger partial charge in [0.25, 0.3) is 6.33 Å². The molecule has 0 atom stereocenters. The molecular formula is C11H21N2O2+. The zero-order valence-corrected chi connectivity index (χ0v) is 9.86. The Morgan fingerprint density at radius 1 is 1.47 bits per heavy atom. The van der Waals surface area contributed by atoms with E-state index in [4.69, 9.17) is 9.94 Å². The van der Waals surface area contributed by atoms with Crippen molar-refractivity contribution in [3.63, 3.8) is 0 Å². The van der Waals surface area contributed by atoms with Crippen molar-refractivity contribution in [3.8, 4) is 0 Å². The fourth-order valence-corrected chi connectivity index (χ4v) is 1.44. The van der Waals surface area contributed by atoms with Gasteiger partial charge in [0, 0.05) is 13.8 Å². The number of aromatic nitrogens is 2. The lowest BCUT2D eigenvalue weighted by molar-refractivity contribution is -0.704. The Kier molecular flexibility index (Phi) is 4.62. The molecule has 86 valence electrons. The zero-order chi connectivity index (χ0) is 11.3. The first kappa shape index (κ1) is 12.0. The summed E-state index contributed by atoms with van der Waals surface area (Å²) in [4.78, 5) is 5.60. The van der Waals surface area contributed by atoms with Crippen molar-refractivity contribution >= 4 is 0 Å². The van der Waals surface area contributed by atoms with Gasteiger partial charge in [0.15, 0.2) is 5.69 Å². The molecule has 1 N–H and O–H groups in total. The van der Waals surface area contributed by atoms with Gasteiger partial charge in [0.2, 0.25) is 0 Å². The third-order valence-electron chi connectivity index (χ3n) is 2.60. The van der Waals surface area contributed by atoms with Gasteiger partial charge in [-0.25, -0.2) is 4.57 Å². The summed E-state index contributed by atoms with van der Waals surface area (Å²) < 4.78 is 3.79. The first-order valence-electron chi connectivity index (χ1n) is 5.52. The first-order valence-corrected chi connectivity index (χ1v) is 5.52. The minimum absolute atomic E-state index is 0.157. The second kappa shape index (κ2) is 5.75. The molecule has 0 spiro atoms. The van der Waals surface area contributed by atoms with Crippen LogP contribution in [0.4, 0.5) is 0 Å². The molecule has 1 aromatic heterocycles. The van der Waals surface area contributed by atoms with Gasteiger partial charge in [-0.3, -0.25) is 0 Å². The lowest BCUT2D eigenvalue weighted by atomic mass is 10.4. The molecule has 1 heterocycles. The van der Waals surface area contributed by atoms with Crippen molar-refractivity contribution in [2.75, 3.05) is 13.2 Å². The Hall–Kier alpha value is -1.03. The molecule has 0 aliphatic rings. The number of aliphatic hydroxyl groups is 1. The van der Waals surface area contributed by atoms with E-state index in [1.165, 1.54) is 0 Å². The molecule has 0 aliphatic carbocycles. The van der Waals surface area contributed by atoms with Crippen LogP contribution in [0, 0.1) is 13.8 Å². The van der Waals surface area contributed by atoms with Gasteiger partial charge in [0.05, 0.1) is 6.61 Å². The highest BCUT2D eigenvalue weighted by molar-refractivity contribution is 5.00. The highest BCUT2D eigenvalue weighted by atomic mass is 16.7. The summed E-state index contributed by atoms with van der Waals surface area (Å²) in [5.41, 5.74) is 2.24. The van der Waals surface area contributed by atoms with Crippen LogP contribution >= 0.6 is 0 Å². The summed E-state index contributed by atoms with van der Waals surface area (Å²) in [7, 11) is 0. The number of hydrogen-bond donors (Lipinski definition) is 1. The topological polar surface area (TPSA) is 38.3 Å². The van der Waals surface area contributed by atoms with Gasteiger partial charge in [-0.1, -0.05) is 13.3 Å². The number of hydrogen-bond acceptors (Lipinski definition) is 2. The summed E-state index contributed by atoms with van der Waals surface area (Å²) >= 11 is 0. The van der Waals surface area contributed by atoms with E-state index in [2.05, 4.69) is 6.92 Å². The van der Waals surface area contributed by atoms with Crippen LogP contribution in [0.3, 0.4) is 0 Å². The average Bonchev–Trinajstić information content (AvgIpc) is 2.48. The molecule has 1 rings (SSSR count). The molecule has 1 aromatic rings. The van der Waals surface area contributed by atoms with Crippen molar-refractivity contribution in [2.24, 2.45) is 0 Å².